The molecule has 0 aliphatic carbocycles. The van der Waals surface area contributed by atoms with Crippen molar-refractivity contribution in [3.05, 3.63) is 41.2 Å². The van der Waals surface area contributed by atoms with Gasteiger partial charge in [0, 0.05) is 18.8 Å². The minimum Gasteiger partial charge on any atom is -0.372 e. The molecule has 0 bridgehead atoms. The fraction of sp³-hybridized carbons (Fsp3) is 0.375. The number of rotatable bonds is 3. The Morgan fingerprint density at radius 3 is 2.20 bits per heavy atom. The van der Waals surface area contributed by atoms with Crippen molar-refractivity contribution in [2.75, 3.05) is 18.0 Å². The van der Waals surface area contributed by atoms with E-state index in [1.807, 2.05) is 18.5 Å². The number of aldehydes is 1. The van der Waals surface area contributed by atoms with Gasteiger partial charge in [0.25, 0.3) is 0 Å². The van der Waals surface area contributed by atoms with Crippen LogP contribution in [-0.4, -0.2) is 29.2 Å². The number of aromatic nitrogens is 2. The summed E-state index contributed by atoms with van der Waals surface area (Å²) in [5.74, 6) is 0. The Morgan fingerprint density at radius 2 is 1.65 bits per heavy atom. The fourth-order valence-corrected chi connectivity index (χ4v) is 2.86. The highest BCUT2D eigenvalue weighted by Crippen LogP contribution is 2.23. The van der Waals surface area contributed by atoms with Gasteiger partial charge < -0.3 is 4.90 Å². The number of hydrogen-bond donors (Lipinski definition) is 0. The molecular formula is C16H19N3O. The SMILES string of the molecule is Cc1nn(-c2ccc(N3CCCC3)cc2)c(C)c1C=O. The molecule has 0 atom stereocenters. The van der Waals surface area contributed by atoms with Crippen LogP contribution in [0.25, 0.3) is 5.69 Å². The number of carbonyl (C=O) groups is 1. The quantitative estimate of drug-likeness (QED) is 0.804. The highest BCUT2D eigenvalue weighted by molar-refractivity contribution is 5.78. The van der Waals surface area contributed by atoms with Gasteiger partial charge >= 0.3 is 0 Å². The Morgan fingerprint density at radius 1 is 1.05 bits per heavy atom. The average Bonchev–Trinajstić information content (AvgIpc) is 3.08. The molecule has 0 radical (unpaired) electrons. The van der Waals surface area contributed by atoms with Crippen LogP contribution < -0.4 is 4.90 Å². The second kappa shape index (κ2) is 5.12. The van der Waals surface area contributed by atoms with Crippen molar-refractivity contribution < 1.29 is 4.79 Å². The van der Waals surface area contributed by atoms with Gasteiger partial charge in [-0.1, -0.05) is 0 Å². The van der Waals surface area contributed by atoms with E-state index in [0.29, 0.717) is 5.56 Å². The Kier molecular flexibility index (Phi) is 3.30. The first-order valence-electron chi connectivity index (χ1n) is 7.07. The zero-order chi connectivity index (χ0) is 14.1. The molecule has 2 heterocycles. The number of nitrogens with zero attached hydrogens (tertiary/aromatic N) is 3. The summed E-state index contributed by atoms with van der Waals surface area (Å²) >= 11 is 0. The van der Waals surface area contributed by atoms with Gasteiger partial charge in [-0.25, -0.2) is 4.68 Å². The zero-order valence-electron chi connectivity index (χ0n) is 12.0. The maximum atomic E-state index is 11.1. The topological polar surface area (TPSA) is 38.1 Å². The third-order valence-electron chi connectivity index (χ3n) is 4.03. The first-order chi connectivity index (χ1) is 9.70. The lowest BCUT2D eigenvalue weighted by molar-refractivity contribution is 0.112. The monoisotopic (exact) mass is 269 g/mol. The third-order valence-corrected chi connectivity index (χ3v) is 4.03. The van der Waals surface area contributed by atoms with Crippen LogP contribution in [-0.2, 0) is 0 Å². The number of anilines is 1. The van der Waals surface area contributed by atoms with E-state index in [-0.39, 0.29) is 0 Å². The van der Waals surface area contributed by atoms with Crippen LogP contribution in [0.2, 0.25) is 0 Å². The van der Waals surface area contributed by atoms with Gasteiger partial charge in [-0.15, -0.1) is 0 Å². The second-order valence-corrected chi connectivity index (χ2v) is 5.32. The number of aryl methyl sites for hydroxylation is 1. The number of benzene rings is 1. The van der Waals surface area contributed by atoms with E-state index in [9.17, 15) is 4.79 Å². The molecule has 1 aliphatic heterocycles. The first kappa shape index (κ1) is 12.9. The largest absolute Gasteiger partial charge is 0.372 e. The van der Waals surface area contributed by atoms with Crippen LogP contribution in [0.5, 0.6) is 0 Å². The summed E-state index contributed by atoms with van der Waals surface area (Å²) in [6.07, 6.45) is 3.44. The summed E-state index contributed by atoms with van der Waals surface area (Å²) in [4.78, 5) is 13.5. The van der Waals surface area contributed by atoms with E-state index < -0.39 is 0 Å². The van der Waals surface area contributed by atoms with Crippen LogP contribution in [0.4, 0.5) is 5.69 Å². The van der Waals surface area contributed by atoms with Crippen molar-refractivity contribution in [3.8, 4) is 5.69 Å². The second-order valence-electron chi connectivity index (χ2n) is 5.32. The van der Waals surface area contributed by atoms with E-state index in [4.69, 9.17) is 0 Å². The number of hydrogen-bond acceptors (Lipinski definition) is 3. The summed E-state index contributed by atoms with van der Waals surface area (Å²) in [6, 6.07) is 8.42. The molecule has 0 unspecified atom stereocenters. The predicted octanol–water partition coefficient (Wildman–Crippen LogP) is 2.90. The van der Waals surface area contributed by atoms with Gasteiger partial charge in [0.15, 0.2) is 6.29 Å². The summed E-state index contributed by atoms with van der Waals surface area (Å²) in [7, 11) is 0. The molecule has 2 aromatic rings. The van der Waals surface area contributed by atoms with E-state index in [2.05, 4.69) is 34.3 Å². The molecule has 4 heteroatoms. The molecule has 4 nitrogen and oxygen atoms in total. The standard InChI is InChI=1S/C16H19N3O/c1-12-16(11-20)13(2)19(17-12)15-7-5-14(6-8-15)18-9-3-4-10-18/h5-8,11H,3-4,9-10H2,1-2H3. The van der Waals surface area contributed by atoms with E-state index in [0.717, 1.165) is 36.5 Å². The van der Waals surface area contributed by atoms with Crippen LogP contribution in [0.1, 0.15) is 34.6 Å². The Hall–Kier alpha value is -2.10. The van der Waals surface area contributed by atoms with E-state index in [1.165, 1.54) is 18.5 Å². The van der Waals surface area contributed by atoms with Crippen LogP contribution in [0.3, 0.4) is 0 Å². The van der Waals surface area contributed by atoms with Crippen LogP contribution in [0.15, 0.2) is 24.3 Å². The van der Waals surface area contributed by atoms with Crippen molar-refractivity contribution in [2.24, 2.45) is 0 Å². The normalized spacial score (nSPS) is 14.8. The molecule has 0 N–H and O–H groups in total. The molecule has 1 fully saturated rings. The summed E-state index contributed by atoms with van der Waals surface area (Å²) in [5, 5.41) is 4.45. The minimum absolute atomic E-state index is 0.689. The number of carbonyl (C=O) groups excluding carboxylic acids is 1. The Labute approximate surface area is 119 Å². The molecule has 3 rings (SSSR count). The minimum atomic E-state index is 0.689. The van der Waals surface area contributed by atoms with Crippen LogP contribution in [0, 0.1) is 13.8 Å². The lowest BCUT2D eigenvalue weighted by Crippen LogP contribution is -2.17. The molecule has 20 heavy (non-hydrogen) atoms. The van der Waals surface area contributed by atoms with Crippen molar-refractivity contribution in [1.29, 1.82) is 0 Å². The molecule has 1 aromatic heterocycles. The molecule has 1 aliphatic rings. The Balaban J connectivity index is 1.93. The van der Waals surface area contributed by atoms with Gasteiger partial charge in [-0.2, -0.15) is 5.10 Å². The predicted molar refractivity (Wildman–Crippen MR) is 79.9 cm³/mol. The highest BCUT2D eigenvalue weighted by atomic mass is 16.1. The summed E-state index contributed by atoms with van der Waals surface area (Å²) in [5.41, 5.74) is 4.63. The zero-order valence-corrected chi connectivity index (χ0v) is 12.0. The van der Waals surface area contributed by atoms with Gasteiger partial charge in [0.05, 0.1) is 22.6 Å². The molecule has 1 aromatic carbocycles. The van der Waals surface area contributed by atoms with Crippen molar-refractivity contribution in [1.82, 2.24) is 9.78 Å². The summed E-state index contributed by atoms with van der Waals surface area (Å²) in [6.45, 7) is 6.09. The average molecular weight is 269 g/mol. The van der Waals surface area contributed by atoms with E-state index in [1.54, 1.807) is 0 Å². The molecule has 0 spiro atoms. The fourth-order valence-electron chi connectivity index (χ4n) is 2.86. The van der Waals surface area contributed by atoms with Crippen LogP contribution >= 0.6 is 0 Å². The summed E-state index contributed by atoms with van der Waals surface area (Å²) < 4.78 is 1.84. The smallest absolute Gasteiger partial charge is 0.153 e. The highest BCUT2D eigenvalue weighted by Gasteiger charge is 2.14. The van der Waals surface area contributed by atoms with Crippen molar-refractivity contribution >= 4 is 12.0 Å². The maximum Gasteiger partial charge on any atom is 0.153 e. The molecule has 1 saturated heterocycles. The maximum absolute atomic E-state index is 11.1. The van der Waals surface area contributed by atoms with Gasteiger partial charge in [-0.3, -0.25) is 4.79 Å². The lowest BCUT2D eigenvalue weighted by Gasteiger charge is -2.17. The molecule has 0 amide bonds. The third kappa shape index (κ3) is 2.11. The lowest BCUT2D eigenvalue weighted by atomic mass is 10.2. The van der Waals surface area contributed by atoms with Crippen molar-refractivity contribution in [3.63, 3.8) is 0 Å². The van der Waals surface area contributed by atoms with Gasteiger partial charge in [0.2, 0.25) is 0 Å². The van der Waals surface area contributed by atoms with Crippen molar-refractivity contribution in [2.45, 2.75) is 26.7 Å². The molecule has 0 saturated carbocycles. The molecular weight excluding hydrogens is 250 g/mol. The molecule has 104 valence electrons. The van der Waals surface area contributed by atoms with E-state index >= 15 is 0 Å². The Bertz CT molecular complexity index is 622. The van der Waals surface area contributed by atoms with Gasteiger partial charge in [-0.05, 0) is 51.0 Å². The van der Waals surface area contributed by atoms with Gasteiger partial charge in [0.1, 0.15) is 0 Å². The first-order valence-corrected chi connectivity index (χ1v) is 7.07.